The van der Waals surface area contributed by atoms with Crippen molar-refractivity contribution < 1.29 is 22.3 Å². The molecular formula is C24H25ClFN5O4S2. The summed E-state index contributed by atoms with van der Waals surface area (Å²) in [7, 11) is -2.27. The van der Waals surface area contributed by atoms with E-state index in [1.807, 2.05) is 6.07 Å². The largest absolute Gasteiger partial charge is 0.466 e. The fourth-order valence-electron chi connectivity index (χ4n) is 4.86. The minimum Gasteiger partial charge on any atom is -0.466 e. The average molecular weight is 566 g/mol. The molecule has 0 saturated heterocycles. The number of aromatic nitrogens is 1. The van der Waals surface area contributed by atoms with E-state index in [-0.39, 0.29) is 29.1 Å². The standard InChI is InChI=1S/C24H25ClFN5O4S2/c1-35-24(32)19-20(14-3-6-16(7-4-14)31(11-9-27)37(2,33)34)29-22(23-28-10-12-36-23)30-21(19)17-8-5-15(26)13-18(17)25/h5,8,10,12-14,16,21H,3-4,6-7,11H2,1-2H3,(H,29,30). The molecule has 0 spiro atoms. The molecule has 4 rings (SSSR count). The number of carbonyl (C=O) groups is 1. The van der Waals surface area contributed by atoms with E-state index in [9.17, 15) is 17.6 Å². The second-order valence-corrected chi connectivity index (χ2v) is 12.0. The van der Waals surface area contributed by atoms with Crippen LogP contribution in [0.3, 0.4) is 0 Å². The van der Waals surface area contributed by atoms with Crippen molar-refractivity contribution in [3.8, 4) is 6.07 Å². The number of ether oxygens (including phenoxy) is 1. The molecule has 0 bridgehead atoms. The van der Waals surface area contributed by atoms with E-state index < -0.39 is 27.9 Å². The number of hydrogen-bond acceptors (Lipinski definition) is 9. The van der Waals surface area contributed by atoms with Gasteiger partial charge in [0.1, 0.15) is 18.4 Å². The molecule has 13 heteroatoms. The summed E-state index contributed by atoms with van der Waals surface area (Å²) >= 11 is 7.77. The molecule has 1 aromatic carbocycles. The van der Waals surface area contributed by atoms with Gasteiger partial charge in [0.25, 0.3) is 0 Å². The quantitative estimate of drug-likeness (QED) is 0.400. The van der Waals surface area contributed by atoms with Gasteiger partial charge in [0.15, 0.2) is 10.8 Å². The lowest BCUT2D eigenvalue weighted by Gasteiger charge is -2.37. The highest BCUT2D eigenvalue weighted by atomic mass is 35.5. The minimum absolute atomic E-state index is 0.124. The molecule has 1 unspecified atom stereocenters. The van der Waals surface area contributed by atoms with E-state index in [4.69, 9.17) is 26.6 Å². The highest BCUT2D eigenvalue weighted by Gasteiger charge is 2.39. The van der Waals surface area contributed by atoms with Crippen LogP contribution >= 0.6 is 22.9 Å². The monoisotopic (exact) mass is 565 g/mol. The molecule has 1 N–H and O–H groups in total. The summed E-state index contributed by atoms with van der Waals surface area (Å²) in [5.74, 6) is -0.811. The predicted octanol–water partition coefficient (Wildman–Crippen LogP) is 3.80. The zero-order valence-corrected chi connectivity index (χ0v) is 22.5. The molecular weight excluding hydrogens is 541 g/mol. The number of aliphatic imine (C=N–C) groups is 1. The molecule has 1 atom stereocenters. The van der Waals surface area contributed by atoms with Crippen molar-refractivity contribution in [1.82, 2.24) is 14.6 Å². The van der Waals surface area contributed by atoms with Crippen LogP contribution in [-0.4, -0.2) is 55.5 Å². The molecule has 9 nitrogen and oxygen atoms in total. The van der Waals surface area contributed by atoms with Crippen LogP contribution in [0, 0.1) is 23.1 Å². The Morgan fingerprint density at radius 2 is 2.08 bits per heavy atom. The molecule has 0 radical (unpaired) electrons. The molecule has 2 heterocycles. The van der Waals surface area contributed by atoms with Crippen LogP contribution in [0.5, 0.6) is 0 Å². The molecule has 2 aliphatic rings. The molecule has 1 aliphatic carbocycles. The third kappa shape index (κ3) is 5.85. The molecule has 1 fully saturated rings. The lowest BCUT2D eigenvalue weighted by Crippen LogP contribution is -2.44. The van der Waals surface area contributed by atoms with Gasteiger partial charge < -0.3 is 10.1 Å². The Kier molecular flexibility index (Phi) is 8.28. The second kappa shape index (κ2) is 11.3. The smallest absolute Gasteiger partial charge is 0.338 e. The fourth-order valence-corrected chi connectivity index (χ4v) is 6.76. The summed E-state index contributed by atoms with van der Waals surface area (Å²) in [5, 5.41) is 15.0. The molecule has 1 saturated carbocycles. The van der Waals surface area contributed by atoms with Crippen LogP contribution in [0.25, 0.3) is 0 Å². The van der Waals surface area contributed by atoms with Gasteiger partial charge in [0.05, 0.1) is 25.0 Å². The SMILES string of the molecule is COC(=O)C1=C(C2CCC(N(CC#N)S(C)(=O)=O)CC2)NC(c2nccs2)=NC1c1ccc(F)cc1Cl. The number of nitriles is 1. The summed E-state index contributed by atoms with van der Waals surface area (Å²) < 4.78 is 44.7. The van der Waals surface area contributed by atoms with E-state index in [0.717, 1.165) is 6.26 Å². The van der Waals surface area contributed by atoms with Gasteiger partial charge in [-0.1, -0.05) is 17.7 Å². The second-order valence-electron chi connectivity index (χ2n) is 8.80. The number of methoxy groups -OCH3 is 1. The Balaban J connectivity index is 1.75. The van der Waals surface area contributed by atoms with Gasteiger partial charge >= 0.3 is 5.97 Å². The lowest BCUT2D eigenvalue weighted by molar-refractivity contribution is -0.136. The first-order valence-corrected chi connectivity index (χ1v) is 14.6. The number of halogens is 2. The van der Waals surface area contributed by atoms with Crippen LogP contribution in [0.15, 0.2) is 46.0 Å². The third-order valence-electron chi connectivity index (χ3n) is 6.54. The van der Waals surface area contributed by atoms with Crippen molar-refractivity contribution >= 4 is 44.8 Å². The van der Waals surface area contributed by atoms with Gasteiger partial charge in [-0.2, -0.15) is 9.57 Å². The number of carbonyl (C=O) groups excluding carboxylic acids is 1. The molecule has 0 amide bonds. The maximum atomic E-state index is 13.8. The van der Waals surface area contributed by atoms with Crippen molar-refractivity contribution in [2.24, 2.45) is 10.9 Å². The normalized spacial score (nSPS) is 22.3. The first-order valence-electron chi connectivity index (χ1n) is 11.5. The Bertz CT molecular complexity index is 1380. The number of rotatable bonds is 7. The maximum absolute atomic E-state index is 13.8. The highest BCUT2D eigenvalue weighted by Crippen LogP contribution is 2.41. The summed E-state index contributed by atoms with van der Waals surface area (Å²) in [4.78, 5) is 22.2. The predicted molar refractivity (Wildman–Crippen MR) is 138 cm³/mol. The van der Waals surface area contributed by atoms with Crippen molar-refractivity contribution in [3.05, 3.63) is 62.5 Å². The number of nitrogens with zero attached hydrogens (tertiary/aromatic N) is 4. The summed E-state index contributed by atoms with van der Waals surface area (Å²) in [5.41, 5.74) is 1.31. The van der Waals surface area contributed by atoms with E-state index >= 15 is 0 Å². The van der Waals surface area contributed by atoms with Crippen molar-refractivity contribution in [2.75, 3.05) is 19.9 Å². The lowest BCUT2D eigenvalue weighted by atomic mass is 9.80. The first kappa shape index (κ1) is 27.2. The number of benzene rings is 1. The maximum Gasteiger partial charge on any atom is 0.338 e. The Morgan fingerprint density at radius 1 is 1.35 bits per heavy atom. The van der Waals surface area contributed by atoms with Gasteiger partial charge in [-0.3, -0.25) is 4.99 Å². The van der Waals surface area contributed by atoms with Gasteiger partial charge in [-0.05, 0) is 43.7 Å². The van der Waals surface area contributed by atoms with Crippen LogP contribution in [0.2, 0.25) is 5.02 Å². The van der Waals surface area contributed by atoms with Crippen LogP contribution in [-0.2, 0) is 19.6 Å². The van der Waals surface area contributed by atoms with Crippen LogP contribution < -0.4 is 5.32 Å². The number of amidine groups is 1. The number of esters is 1. The Morgan fingerprint density at radius 3 is 2.65 bits per heavy atom. The number of hydrogen-bond donors (Lipinski definition) is 1. The average Bonchev–Trinajstić information content (AvgIpc) is 3.41. The van der Waals surface area contributed by atoms with Crippen molar-refractivity contribution in [2.45, 2.75) is 37.8 Å². The zero-order chi connectivity index (χ0) is 26.7. The number of sulfonamides is 1. The molecule has 196 valence electrons. The summed E-state index contributed by atoms with van der Waals surface area (Å²) in [6.07, 6.45) is 4.86. The molecule has 37 heavy (non-hydrogen) atoms. The molecule has 2 aromatic rings. The number of nitrogens with one attached hydrogen (secondary N) is 1. The van der Waals surface area contributed by atoms with E-state index in [2.05, 4.69) is 10.3 Å². The van der Waals surface area contributed by atoms with E-state index in [1.165, 1.54) is 41.0 Å². The van der Waals surface area contributed by atoms with E-state index in [0.29, 0.717) is 47.8 Å². The Hall–Kier alpha value is -2.85. The van der Waals surface area contributed by atoms with Gasteiger partial charge in [-0.15, -0.1) is 11.3 Å². The third-order valence-corrected chi connectivity index (χ3v) is 8.92. The minimum atomic E-state index is -3.55. The van der Waals surface area contributed by atoms with Crippen LogP contribution in [0.4, 0.5) is 4.39 Å². The topological polar surface area (TPSA) is 125 Å². The zero-order valence-electron chi connectivity index (χ0n) is 20.1. The Labute approximate surface area is 223 Å². The number of thiazole rings is 1. The van der Waals surface area contributed by atoms with E-state index in [1.54, 1.807) is 11.6 Å². The van der Waals surface area contributed by atoms with Crippen molar-refractivity contribution in [1.29, 1.82) is 5.26 Å². The molecule has 1 aromatic heterocycles. The van der Waals surface area contributed by atoms with Crippen LogP contribution in [0.1, 0.15) is 42.3 Å². The van der Waals surface area contributed by atoms with Crippen molar-refractivity contribution in [3.63, 3.8) is 0 Å². The van der Waals surface area contributed by atoms with Gasteiger partial charge in [-0.25, -0.2) is 22.6 Å². The fraction of sp³-hybridized carbons (Fsp3) is 0.417. The first-order chi connectivity index (χ1) is 17.6. The molecule has 1 aliphatic heterocycles. The van der Waals surface area contributed by atoms with Gasteiger partial charge in [0, 0.05) is 33.9 Å². The van der Waals surface area contributed by atoms with Gasteiger partial charge in [0.2, 0.25) is 10.0 Å². The summed E-state index contributed by atoms with van der Waals surface area (Å²) in [6.45, 7) is -0.214. The highest BCUT2D eigenvalue weighted by molar-refractivity contribution is 7.88. The summed E-state index contributed by atoms with van der Waals surface area (Å²) in [6, 6.07) is 4.69. The number of allylic oxidation sites excluding steroid dienone is 1.